The fraction of sp³-hybridized carbons (Fsp3) is 0.385. The molecule has 102 valence electrons. The van der Waals surface area contributed by atoms with Crippen molar-refractivity contribution in [2.75, 3.05) is 19.6 Å². The Morgan fingerprint density at radius 1 is 1.21 bits per heavy atom. The summed E-state index contributed by atoms with van der Waals surface area (Å²) in [6.45, 7) is 2.92. The van der Waals surface area contributed by atoms with Crippen LogP contribution < -0.4 is 0 Å². The fourth-order valence-electron chi connectivity index (χ4n) is 1.99. The normalized spacial score (nSPS) is 16.2. The van der Waals surface area contributed by atoms with E-state index in [4.69, 9.17) is 0 Å². The second kappa shape index (κ2) is 5.69. The van der Waals surface area contributed by atoms with Crippen molar-refractivity contribution in [2.24, 2.45) is 0 Å². The van der Waals surface area contributed by atoms with Gasteiger partial charge in [0.05, 0.1) is 11.0 Å². The van der Waals surface area contributed by atoms with Gasteiger partial charge in [-0.3, -0.25) is 9.59 Å². The molecule has 1 aromatic rings. The lowest BCUT2D eigenvalue weighted by Crippen LogP contribution is -2.53. The summed E-state index contributed by atoms with van der Waals surface area (Å²) in [4.78, 5) is 26.7. The van der Waals surface area contributed by atoms with Crippen LogP contribution in [0.3, 0.4) is 0 Å². The zero-order valence-electron chi connectivity index (χ0n) is 10.5. The topological polar surface area (TPSA) is 40.6 Å². The van der Waals surface area contributed by atoms with E-state index in [1.165, 1.54) is 15.9 Å². The molecule has 0 aromatic heterocycles. The molecule has 1 aliphatic rings. The second-order valence-electron chi connectivity index (χ2n) is 4.41. The lowest BCUT2D eigenvalue weighted by molar-refractivity contribution is -0.150. The fourth-order valence-corrected chi connectivity index (χ4v) is 2.42. The molecule has 2 rings (SSSR count). The number of amides is 2. The molecule has 0 atom stereocenters. The van der Waals surface area contributed by atoms with Gasteiger partial charge in [-0.05, 0) is 40.5 Å². The minimum atomic E-state index is -0.345. The summed E-state index contributed by atoms with van der Waals surface area (Å²) in [5.74, 6) is -0.480. The van der Waals surface area contributed by atoms with Crippen LogP contribution in [-0.2, 0) is 16.1 Å². The zero-order chi connectivity index (χ0) is 14.0. The van der Waals surface area contributed by atoms with E-state index in [1.54, 1.807) is 12.1 Å². The van der Waals surface area contributed by atoms with Gasteiger partial charge in [-0.25, -0.2) is 4.39 Å². The molecule has 1 aliphatic heterocycles. The van der Waals surface area contributed by atoms with E-state index in [2.05, 4.69) is 15.9 Å². The van der Waals surface area contributed by atoms with Crippen LogP contribution in [0.5, 0.6) is 0 Å². The van der Waals surface area contributed by atoms with E-state index < -0.39 is 0 Å². The van der Waals surface area contributed by atoms with Gasteiger partial charge in [0.15, 0.2) is 0 Å². The second-order valence-corrected chi connectivity index (χ2v) is 5.26. The first-order valence-electron chi connectivity index (χ1n) is 6.00. The maximum absolute atomic E-state index is 13.1. The maximum Gasteiger partial charge on any atom is 0.242 e. The highest BCUT2D eigenvalue weighted by Crippen LogP contribution is 2.18. The van der Waals surface area contributed by atoms with Crippen molar-refractivity contribution in [1.29, 1.82) is 0 Å². The number of carbonyl (C=O) groups excluding carboxylic acids is 2. The molecule has 0 unspecified atom stereocenters. The third-order valence-corrected chi connectivity index (χ3v) is 3.70. The summed E-state index contributed by atoms with van der Waals surface area (Å²) in [7, 11) is 0. The van der Waals surface area contributed by atoms with Crippen LogP contribution in [0.1, 0.15) is 12.5 Å². The first-order chi connectivity index (χ1) is 9.01. The van der Waals surface area contributed by atoms with Crippen LogP contribution in [0, 0.1) is 5.82 Å². The Morgan fingerprint density at radius 2 is 1.84 bits per heavy atom. The maximum atomic E-state index is 13.1. The molecule has 0 radical (unpaired) electrons. The molecule has 0 saturated carbocycles. The molecule has 1 heterocycles. The third kappa shape index (κ3) is 3.12. The summed E-state index contributed by atoms with van der Waals surface area (Å²) < 4.78 is 13.5. The molecule has 1 aromatic carbocycles. The summed E-state index contributed by atoms with van der Waals surface area (Å²) in [6, 6.07) is 4.58. The van der Waals surface area contributed by atoms with E-state index in [1.807, 2.05) is 6.92 Å². The lowest BCUT2D eigenvalue weighted by atomic mass is 10.2. The average molecular weight is 329 g/mol. The number of benzene rings is 1. The van der Waals surface area contributed by atoms with Crippen LogP contribution in [0.4, 0.5) is 4.39 Å². The predicted molar refractivity (Wildman–Crippen MR) is 71.8 cm³/mol. The van der Waals surface area contributed by atoms with Crippen LogP contribution in [-0.4, -0.2) is 41.2 Å². The van der Waals surface area contributed by atoms with Crippen molar-refractivity contribution in [3.8, 4) is 0 Å². The molecule has 2 amide bonds. The largest absolute Gasteiger partial charge is 0.332 e. The van der Waals surface area contributed by atoms with Crippen molar-refractivity contribution in [3.63, 3.8) is 0 Å². The molecule has 6 heteroatoms. The number of hydrogen-bond donors (Lipinski definition) is 0. The molecule has 4 nitrogen and oxygen atoms in total. The Kier molecular flexibility index (Phi) is 4.19. The molecular weight excluding hydrogens is 315 g/mol. The molecular formula is C13H14BrFN2O2. The Bertz CT molecular complexity index is 521. The first kappa shape index (κ1) is 14.0. The van der Waals surface area contributed by atoms with E-state index >= 15 is 0 Å². The molecule has 19 heavy (non-hydrogen) atoms. The van der Waals surface area contributed by atoms with Crippen LogP contribution in [0.2, 0.25) is 0 Å². The highest BCUT2D eigenvalue weighted by molar-refractivity contribution is 9.10. The highest BCUT2D eigenvalue weighted by atomic mass is 79.9. The van der Waals surface area contributed by atoms with Gasteiger partial charge in [-0.1, -0.05) is 6.07 Å². The van der Waals surface area contributed by atoms with Crippen molar-refractivity contribution in [1.82, 2.24) is 9.80 Å². The number of hydrogen-bond acceptors (Lipinski definition) is 2. The van der Waals surface area contributed by atoms with Gasteiger partial charge in [0.1, 0.15) is 12.4 Å². The van der Waals surface area contributed by atoms with Gasteiger partial charge < -0.3 is 9.80 Å². The number of nitrogens with zero attached hydrogens (tertiary/aromatic N) is 2. The summed E-state index contributed by atoms with van der Waals surface area (Å²) in [5.41, 5.74) is 0.791. The molecule has 0 spiro atoms. The highest BCUT2D eigenvalue weighted by Gasteiger charge is 2.28. The first-order valence-corrected chi connectivity index (χ1v) is 6.80. The molecule has 0 bridgehead atoms. The summed E-state index contributed by atoms with van der Waals surface area (Å²) in [5, 5.41) is 0. The van der Waals surface area contributed by atoms with Crippen LogP contribution >= 0.6 is 15.9 Å². The standard InChI is InChI=1S/C13H14BrFN2O2/c1-2-16-7-13(19)17(8-12(16)18)6-9-3-4-11(15)10(14)5-9/h3-5H,2,6-8H2,1H3. The van der Waals surface area contributed by atoms with Gasteiger partial charge in [0.25, 0.3) is 0 Å². The van der Waals surface area contributed by atoms with Gasteiger partial charge in [0, 0.05) is 13.1 Å². The van der Waals surface area contributed by atoms with Crippen molar-refractivity contribution in [3.05, 3.63) is 34.1 Å². The smallest absolute Gasteiger partial charge is 0.242 e. The average Bonchev–Trinajstić information content (AvgIpc) is 2.38. The minimum absolute atomic E-state index is 0.0525. The number of piperazine rings is 1. The van der Waals surface area contributed by atoms with Crippen LogP contribution in [0.25, 0.3) is 0 Å². The molecule has 1 fully saturated rings. The minimum Gasteiger partial charge on any atom is -0.332 e. The summed E-state index contributed by atoms with van der Waals surface area (Å²) in [6.07, 6.45) is 0. The van der Waals surface area contributed by atoms with E-state index in [0.717, 1.165) is 5.56 Å². The number of likely N-dealkylation sites (N-methyl/N-ethyl adjacent to an activating group) is 1. The SMILES string of the molecule is CCN1CC(=O)N(Cc2ccc(F)c(Br)c2)CC1=O. The molecule has 1 saturated heterocycles. The molecule has 0 N–H and O–H groups in total. The Morgan fingerprint density at radius 3 is 2.47 bits per heavy atom. The predicted octanol–water partition coefficient (Wildman–Crippen LogP) is 1.78. The van der Waals surface area contributed by atoms with E-state index in [-0.39, 0.29) is 30.7 Å². The number of carbonyl (C=O) groups is 2. The van der Waals surface area contributed by atoms with E-state index in [9.17, 15) is 14.0 Å². The molecule has 0 aliphatic carbocycles. The Labute approximate surface area is 119 Å². The number of halogens is 2. The Hall–Kier alpha value is -1.43. The monoisotopic (exact) mass is 328 g/mol. The third-order valence-electron chi connectivity index (χ3n) is 3.10. The Balaban J connectivity index is 2.08. The van der Waals surface area contributed by atoms with E-state index in [0.29, 0.717) is 17.6 Å². The van der Waals surface area contributed by atoms with Crippen molar-refractivity contribution in [2.45, 2.75) is 13.5 Å². The quantitative estimate of drug-likeness (QED) is 0.848. The lowest BCUT2D eigenvalue weighted by Gasteiger charge is -2.33. The van der Waals surface area contributed by atoms with Gasteiger partial charge in [-0.15, -0.1) is 0 Å². The summed E-state index contributed by atoms with van der Waals surface area (Å²) >= 11 is 3.10. The van der Waals surface area contributed by atoms with Gasteiger partial charge in [-0.2, -0.15) is 0 Å². The van der Waals surface area contributed by atoms with Gasteiger partial charge in [0.2, 0.25) is 11.8 Å². The number of rotatable bonds is 3. The van der Waals surface area contributed by atoms with Crippen LogP contribution in [0.15, 0.2) is 22.7 Å². The zero-order valence-corrected chi connectivity index (χ0v) is 12.1. The van der Waals surface area contributed by atoms with Gasteiger partial charge >= 0.3 is 0 Å². The van der Waals surface area contributed by atoms with Crippen molar-refractivity contribution < 1.29 is 14.0 Å². The van der Waals surface area contributed by atoms with Crippen molar-refractivity contribution >= 4 is 27.7 Å².